The van der Waals surface area contributed by atoms with E-state index >= 15 is 0 Å². The first-order valence-corrected chi connectivity index (χ1v) is 29.5. The van der Waals surface area contributed by atoms with Crippen LogP contribution >= 0.6 is 0 Å². The van der Waals surface area contributed by atoms with Crippen LogP contribution in [0.4, 0.5) is 0 Å². The molecule has 12 nitrogen and oxygen atoms in total. The standard InChI is InChI=1S/C58H88O12S.Na/c1-31(36-14-16-38-34-13-18-44-49(3,4)57(61)45(59)27-55(44,29-66-57)40(34)20-22-52(36,38)9)12-19-47-54(11)26-33(51(7,8)70-54)24-42(68-47)32(2)37-15-17-39-35-25-43(69-71(63,64)65)48-50(5,6)58(62)46(60)28-56(48,30-67-58)41(35)21-23-53(37,39)10;/h18,31-33,36-39,42-43,45-48,59-62H,12-17,19-30H2,1-11H3,(H,63,64,65);/q;+1/p-1/t31-,32+,33-,36-,37-,38?,39?,42?,43+,45+,46+,47+,48?,52-,53-,54-,55+,56+,57?,58?;/m1./s1. The number of aliphatic hydroxyl groups excluding tert-OH is 2. The molecule has 0 aromatic heterocycles. The number of ether oxygens (including phenoxy) is 4. The van der Waals surface area contributed by atoms with Gasteiger partial charge in [-0.2, -0.15) is 0 Å². The van der Waals surface area contributed by atoms with Crippen molar-refractivity contribution in [1.29, 1.82) is 0 Å². The molecule has 0 aromatic rings. The minimum Gasteiger partial charge on any atom is -0.726 e. The van der Waals surface area contributed by atoms with Gasteiger partial charge in [-0.25, -0.2) is 8.42 Å². The molecule has 6 saturated heterocycles. The van der Waals surface area contributed by atoms with E-state index in [1.165, 1.54) is 35.1 Å². The van der Waals surface area contributed by atoms with E-state index in [1.807, 2.05) is 13.8 Å². The van der Waals surface area contributed by atoms with E-state index in [2.05, 4.69) is 68.4 Å². The molecule has 6 heterocycles. The Morgan fingerprint density at radius 2 is 1.43 bits per heavy atom. The third kappa shape index (κ3) is 6.96. The average molecular weight is 1030 g/mol. The summed E-state index contributed by atoms with van der Waals surface area (Å²) in [5.74, 6) is -1.16. The molecule has 14 rings (SSSR count). The number of rotatable bonds is 8. The summed E-state index contributed by atoms with van der Waals surface area (Å²) in [5, 5.41) is 46.2. The Morgan fingerprint density at radius 1 is 0.806 bits per heavy atom. The molecule has 8 aliphatic carbocycles. The summed E-state index contributed by atoms with van der Waals surface area (Å²) in [6.07, 6.45) is 13.8. The Bertz CT molecular complexity index is 2470. The van der Waals surface area contributed by atoms with Gasteiger partial charge in [0.25, 0.3) is 0 Å². The van der Waals surface area contributed by atoms with E-state index in [4.69, 9.17) is 23.1 Å². The van der Waals surface area contributed by atoms with Gasteiger partial charge in [0.15, 0.2) is 5.79 Å². The van der Waals surface area contributed by atoms with E-state index in [9.17, 15) is 33.4 Å². The molecule has 4 saturated carbocycles. The molecule has 398 valence electrons. The predicted molar refractivity (Wildman–Crippen MR) is 265 cm³/mol. The SMILES string of the molecule is C[C@H](CC[C@@H]1OC([C@@H](C)[C@H]2CCC3C4=C(CC[C@@]32C)[C@@]23COC(O)([C@@H](O)C2)C(C)(C)C3[C@@H](OS(=O)(=O)[O-])C4)C[C@@H]2C[C@@]1(C)OC2(C)C)[C@H]1CCC2C3=C(CC[C@@]21C)[C@@]12COC(O)([C@@H](O)C1)C(C)(C)C2=CC3.[Na+]. The minimum absolute atomic E-state index is 0. The Hall–Kier alpha value is -0.230. The van der Waals surface area contributed by atoms with Gasteiger partial charge < -0.3 is 43.9 Å². The second-order valence-corrected chi connectivity index (χ2v) is 29.8. The molecule has 0 radical (unpaired) electrons. The maximum atomic E-state index is 12.5. The maximum Gasteiger partial charge on any atom is 1.00 e. The Balaban J connectivity index is 0.00000560. The number of aliphatic hydroxyl groups is 4. The van der Waals surface area contributed by atoms with Gasteiger partial charge in [0, 0.05) is 27.6 Å². The van der Waals surface area contributed by atoms with Gasteiger partial charge in [-0.15, -0.1) is 0 Å². The molecular weight excluding hydrogens is 944 g/mol. The number of allylic oxidation sites excluding steroid dienone is 2. The van der Waals surface area contributed by atoms with Crippen LogP contribution in [0.3, 0.4) is 0 Å². The van der Waals surface area contributed by atoms with E-state index < -0.39 is 62.4 Å². The van der Waals surface area contributed by atoms with Gasteiger partial charge in [-0.05, 0) is 176 Å². The van der Waals surface area contributed by atoms with Gasteiger partial charge in [-0.3, -0.25) is 4.18 Å². The van der Waals surface area contributed by atoms with Crippen LogP contribution in [0.5, 0.6) is 0 Å². The van der Waals surface area contributed by atoms with Crippen molar-refractivity contribution < 1.29 is 86.1 Å². The first-order chi connectivity index (χ1) is 32.9. The fourth-order valence-corrected chi connectivity index (χ4v) is 22.0. The first-order valence-electron chi connectivity index (χ1n) is 28.2. The van der Waals surface area contributed by atoms with E-state index in [0.29, 0.717) is 49.0 Å². The third-order valence-corrected chi connectivity index (χ3v) is 25.4. The molecule has 14 heteroatoms. The molecular formula is C58H87NaO12S. The molecule has 10 fully saturated rings. The third-order valence-electron chi connectivity index (χ3n) is 24.9. The molecule has 2 spiro atoms. The van der Waals surface area contributed by atoms with E-state index in [0.717, 1.165) is 70.6 Å². The van der Waals surface area contributed by atoms with Crippen molar-refractivity contribution in [2.45, 2.75) is 232 Å². The van der Waals surface area contributed by atoms with Crippen LogP contribution in [0.1, 0.15) is 179 Å². The Kier molecular flexibility index (Phi) is 12.4. The van der Waals surface area contributed by atoms with E-state index in [-0.39, 0.29) is 94.1 Å². The van der Waals surface area contributed by atoms with Gasteiger partial charge in [0.05, 0.1) is 42.7 Å². The number of fused-ring (bicyclic) bond motifs is 10. The summed E-state index contributed by atoms with van der Waals surface area (Å²) in [6.45, 7) is 25.2. The Labute approximate surface area is 452 Å². The summed E-state index contributed by atoms with van der Waals surface area (Å²) in [6, 6.07) is 0. The molecule has 72 heavy (non-hydrogen) atoms. The van der Waals surface area contributed by atoms with Gasteiger partial charge in [0.2, 0.25) is 16.2 Å². The Morgan fingerprint density at radius 3 is 2.10 bits per heavy atom. The van der Waals surface area contributed by atoms with Crippen molar-refractivity contribution >= 4 is 10.4 Å². The smallest absolute Gasteiger partial charge is 0.726 e. The first kappa shape index (κ1) is 53.8. The van der Waals surface area contributed by atoms with Crippen LogP contribution in [0.15, 0.2) is 33.9 Å². The van der Waals surface area contributed by atoms with Crippen molar-refractivity contribution in [3.05, 3.63) is 33.9 Å². The van der Waals surface area contributed by atoms with Crippen LogP contribution in [0, 0.1) is 79.8 Å². The van der Waals surface area contributed by atoms with Gasteiger partial charge in [0.1, 0.15) is 12.2 Å². The zero-order valence-electron chi connectivity index (χ0n) is 45.8. The van der Waals surface area contributed by atoms with Crippen LogP contribution in [0.25, 0.3) is 0 Å². The zero-order valence-corrected chi connectivity index (χ0v) is 48.6. The normalized spacial score (nSPS) is 51.9. The molecule has 6 bridgehead atoms. The minimum atomic E-state index is -5.06. The van der Waals surface area contributed by atoms with Gasteiger partial charge >= 0.3 is 29.6 Å². The van der Waals surface area contributed by atoms with Crippen molar-refractivity contribution in [1.82, 2.24) is 0 Å². The van der Waals surface area contributed by atoms with Crippen LogP contribution in [-0.4, -0.2) is 99.9 Å². The summed E-state index contributed by atoms with van der Waals surface area (Å²) in [7, 11) is -5.06. The zero-order chi connectivity index (χ0) is 50.9. The average Bonchev–Trinajstić information content (AvgIpc) is 3.85. The van der Waals surface area contributed by atoms with Crippen LogP contribution in [0.2, 0.25) is 0 Å². The van der Waals surface area contributed by atoms with Crippen LogP contribution < -0.4 is 29.6 Å². The van der Waals surface area contributed by atoms with Crippen molar-refractivity contribution in [2.24, 2.45) is 79.8 Å². The molecule has 0 aromatic carbocycles. The topological polar surface area (TPSA) is 184 Å². The largest absolute Gasteiger partial charge is 1.00 e. The monoisotopic (exact) mass is 1030 g/mol. The fourth-order valence-electron chi connectivity index (χ4n) is 21.6. The number of hydrogen-bond acceptors (Lipinski definition) is 12. The molecule has 6 aliphatic heterocycles. The van der Waals surface area contributed by atoms with E-state index in [1.54, 1.807) is 5.57 Å². The van der Waals surface area contributed by atoms with Crippen LogP contribution in [-0.2, 0) is 33.5 Å². The predicted octanol–water partition coefficient (Wildman–Crippen LogP) is 6.21. The molecule has 4 N–H and O–H groups in total. The second-order valence-electron chi connectivity index (χ2n) is 28.8. The summed E-state index contributed by atoms with van der Waals surface area (Å²) in [5.41, 5.74) is 3.50. The summed E-state index contributed by atoms with van der Waals surface area (Å²) >= 11 is 0. The molecule has 0 amide bonds. The second kappa shape index (κ2) is 16.7. The quantitative estimate of drug-likeness (QED) is 0.0936. The van der Waals surface area contributed by atoms with Crippen molar-refractivity contribution in [3.8, 4) is 0 Å². The number of hydrogen-bond donors (Lipinski definition) is 4. The summed E-state index contributed by atoms with van der Waals surface area (Å²) < 4.78 is 70.1. The van der Waals surface area contributed by atoms with Crippen molar-refractivity contribution in [2.75, 3.05) is 13.2 Å². The summed E-state index contributed by atoms with van der Waals surface area (Å²) in [4.78, 5) is 0. The molecule has 20 atom stereocenters. The molecule has 6 unspecified atom stereocenters. The molecule has 14 aliphatic rings. The maximum absolute atomic E-state index is 12.5. The fraction of sp³-hybridized carbons (Fsp3) is 0.897. The van der Waals surface area contributed by atoms with Crippen molar-refractivity contribution in [3.63, 3.8) is 0 Å². The van der Waals surface area contributed by atoms with Gasteiger partial charge in [-0.1, -0.05) is 89.3 Å².